The minimum Gasteiger partial charge on any atom is -0.545 e. The number of carboxylic acids is 1. The standard InChI is InChI=1S/C22H20FN3O4S.Na/c1-11(2)10-26-20-18(19(27)25(3)22(26)30)17(21(28)29)16(31-20)8-12-6-7-24-15-5-4-13(23)9-14(12)15;/h4-7,9,11H,8,10H2,1-3H3,(H,28,29);/q;+1/p-1. The number of pyridine rings is 1. The van der Waals surface area contributed by atoms with E-state index in [9.17, 15) is 23.9 Å². The molecule has 0 saturated carbocycles. The van der Waals surface area contributed by atoms with E-state index in [-0.39, 0.29) is 52.8 Å². The van der Waals surface area contributed by atoms with Gasteiger partial charge in [0.25, 0.3) is 5.56 Å². The van der Waals surface area contributed by atoms with Gasteiger partial charge >= 0.3 is 35.2 Å². The van der Waals surface area contributed by atoms with Crippen LogP contribution in [-0.4, -0.2) is 20.1 Å². The second-order valence-corrected chi connectivity index (χ2v) is 8.91. The summed E-state index contributed by atoms with van der Waals surface area (Å²) in [5.74, 6) is -1.82. The fraction of sp³-hybridized carbons (Fsp3) is 0.273. The van der Waals surface area contributed by atoms with E-state index in [0.29, 0.717) is 32.7 Å². The smallest absolute Gasteiger partial charge is 0.545 e. The number of carboxylic acid groups (broad SMARTS) is 1. The molecule has 1 aromatic carbocycles. The number of fused-ring (bicyclic) bond motifs is 2. The number of carbonyl (C=O) groups is 1. The van der Waals surface area contributed by atoms with E-state index in [1.807, 2.05) is 13.8 Å². The fourth-order valence-corrected chi connectivity index (χ4v) is 5.05. The molecule has 32 heavy (non-hydrogen) atoms. The van der Waals surface area contributed by atoms with Gasteiger partial charge in [-0.15, -0.1) is 11.3 Å². The molecule has 0 N–H and O–H groups in total. The number of aromatic nitrogens is 3. The Morgan fingerprint density at radius 1 is 1.25 bits per heavy atom. The summed E-state index contributed by atoms with van der Waals surface area (Å²) in [6.07, 6.45) is 1.69. The molecule has 0 saturated heterocycles. The Morgan fingerprint density at radius 2 is 1.97 bits per heavy atom. The predicted molar refractivity (Wildman–Crippen MR) is 115 cm³/mol. The fourth-order valence-electron chi connectivity index (χ4n) is 3.75. The zero-order valence-corrected chi connectivity index (χ0v) is 21.0. The van der Waals surface area contributed by atoms with Gasteiger partial charge in [-0.2, -0.15) is 0 Å². The van der Waals surface area contributed by atoms with Crippen molar-refractivity contribution in [2.45, 2.75) is 26.8 Å². The first-order chi connectivity index (χ1) is 14.7. The third-order valence-electron chi connectivity index (χ3n) is 5.14. The molecule has 7 nitrogen and oxygen atoms in total. The molecule has 0 unspecified atom stereocenters. The van der Waals surface area contributed by atoms with Gasteiger partial charge in [0.2, 0.25) is 0 Å². The Hall–Kier alpha value is -2.33. The molecule has 3 aromatic heterocycles. The summed E-state index contributed by atoms with van der Waals surface area (Å²) >= 11 is 1.08. The minimum atomic E-state index is -1.49. The molecule has 0 aliphatic heterocycles. The first-order valence-corrected chi connectivity index (χ1v) is 10.5. The zero-order valence-electron chi connectivity index (χ0n) is 18.1. The normalized spacial score (nSPS) is 11.3. The molecule has 0 amide bonds. The molecule has 0 spiro atoms. The molecule has 0 bridgehead atoms. The molecule has 0 fully saturated rings. The number of hydrogen-bond donors (Lipinski definition) is 0. The van der Waals surface area contributed by atoms with Gasteiger partial charge in [-0.1, -0.05) is 13.8 Å². The van der Waals surface area contributed by atoms with Gasteiger partial charge in [0.15, 0.2) is 0 Å². The molecule has 3 heterocycles. The molecule has 4 rings (SSSR count). The van der Waals surface area contributed by atoms with Gasteiger partial charge in [-0.3, -0.25) is 18.9 Å². The summed E-state index contributed by atoms with van der Waals surface area (Å²) < 4.78 is 16.2. The summed E-state index contributed by atoms with van der Waals surface area (Å²) in [7, 11) is 1.33. The van der Waals surface area contributed by atoms with Gasteiger partial charge in [0, 0.05) is 42.0 Å². The van der Waals surface area contributed by atoms with Crippen LogP contribution in [-0.2, 0) is 20.0 Å². The van der Waals surface area contributed by atoms with Crippen molar-refractivity contribution < 1.29 is 43.8 Å². The van der Waals surface area contributed by atoms with Gasteiger partial charge in [0.05, 0.1) is 16.9 Å². The number of benzene rings is 1. The van der Waals surface area contributed by atoms with Crippen LogP contribution in [0.5, 0.6) is 0 Å². The maximum absolute atomic E-state index is 13.8. The molecule has 160 valence electrons. The van der Waals surface area contributed by atoms with Gasteiger partial charge < -0.3 is 9.90 Å². The Kier molecular flexibility index (Phi) is 7.04. The van der Waals surface area contributed by atoms with E-state index in [2.05, 4.69) is 4.98 Å². The van der Waals surface area contributed by atoms with E-state index in [0.717, 1.165) is 15.9 Å². The zero-order chi connectivity index (χ0) is 22.4. The van der Waals surface area contributed by atoms with E-state index in [1.165, 1.54) is 23.7 Å². The SMILES string of the molecule is CC(C)Cn1c(=O)n(C)c(=O)c2c(C(=O)[O-])c(Cc3ccnc4ccc(F)cc34)sc21.[Na+]. The third kappa shape index (κ3) is 4.17. The third-order valence-corrected chi connectivity index (χ3v) is 6.35. The Labute approximate surface area is 208 Å². The summed E-state index contributed by atoms with van der Waals surface area (Å²) in [5, 5.41) is 12.6. The average Bonchev–Trinajstić information content (AvgIpc) is 3.09. The van der Waals surface area contributed by atoms with Crippen molar-refractivity contribution >= 4 is 38.4 Å². The maximum atomic E-state index is 13.8. The summed E-state index contributed by atoms with van der Waals surface area (Å²) in [4.78, 5) is 42.5. The van der Waals surface area contributed by atoms with E-state index < -0.39 is 23.0 Å². The van der Waals surface area contributed by atoms with E-state index in [1.54, 1.807) is 18.3 Å². The Bertz CT molecular complexity index is 1470. The second kappa shape index (κ2) is 9.27. The molecule has 0 atom stereocenters. The quantitative estimate of drug-likeness (QED) is 0.356. The van der Waals surface area contributed by atoms with Gasteiger partial charge in [-0.25, -0.2) is 9.18 Å². The summed E-state index contributed by atoms with van der Waals surface area (Å²) in [6, 6.07) is 5.89. The predicted octanol–water partition coefficient (Wildman–Crippen LogP) is -0.937. The Balaban J connectivity index is 0.00000289. The molecule has 0 aliphatic rings. The number of hydrogen-bond acceptors (Lipinski definition) is 6. The molecule has 10 heteroatoms. The van der Waals surface area contributed by atoms with E-state index in [4.69, 9.17) is 0 Å². The molecule has 0 aliphatic carbocycles. The first-order valence-electron chi connectivity index (χ1n) is 9.68. The topological polar surface area (TPSA) is 97.0 Å². The van der Waals surface area contributed by atoms with Crippen LogP contribution >= 0.6 is 11.3 Å². The molecular formula is C22H19FN3NaO4S. The van der Waals surface area contributed by atoms with Crippen molar-refractivity contribution in [1.82, 2.24) is 14.1 Å². The minimum absolute atomic E-state index is 0. The largest absolute Gasteiger partial charge is 1.00 e. The first kappa shape index (κ1) is 24.3. The molecule has 4 aromatic rings. The van der Waals surface area contributed by atoms with Crippen LogP contribution in [0, 0.1) is 11.7 Å². The van der Waals surface area contributed by atoms with E-state index >= 15 is 0 Å². The van der Waals surface area contributed by atoms with Crippen molar-refractivity contribution in [2.75, 3.05) is 0 Å². The summed E-state index contributed by atoms with van der Waals surface area (Å²) in [5.41, 5.74) is -0.164. The van der Waals surface area contributed by atoms with Crippen LogP contribution in [0.15, 0.2) is 40.1 Å². The Morgan fingerprint density at radius 3 is 2.62 bits per heavy atom. The van der Waals surface area contributed by atoms with Gasteiger partial charge in [-0.05, 0) is 35.7 Å². The van der Waals surface area contributed by atoms with Crippen molar-refractivity contribution in [3.8, 4) is 0 Å². The number of halogens is 1. The van der Waals surface area contributed by atoms with Gasteiger partial charge in [0.1, 0.15) is 10.6 Å². The summed E-state index contributed by atoms with van der Waals surface area (Å²) in [6.45, 7) is 4.18. The number of carbonyl (C=O) groups excluding carboxylic acids is 1. The number of nitrogens with zero attached hydrogens (tertiary/aromatic N) is 3. The second-order valence-electron chi connectivity index (χ2n) is 7.83. The molecular weight excluding hydrogens is 444 g/mol. The van der Waals surface area contributed by atoms with Crippen LogP contribution in [0.25, 0.3) is 21.1 Å². The van der Waals surface area contributed by atoms with Crippen LogP contribution in [0.1, 0.15) is 34.6 Å². The van der Waals surface area contributed by atoms with Crippen molar-refractivity contribution in [2.24, 2.45) is 13.0 Å². The van der Waals surface area contributed by atoms with Crippen molar-refractivity contribution in [3.63, 3.8) is 0 Å². The number of thiophene rings is 1. The number of rotatable bonds is 5. The maximum Gasteiger partial charge on any atom is 1.00 e. The van der Waals surface area contributed by atoms with Crippen LogP contribution in [0.4, 0.5) is 4.39 Å². The van der Waals surface area contributed by atoms with Crippen LogP contribution in [0.3, 0.4) is 0 Å². The van der Waals surface area contributed by atoms with Crippen LogP contribution in [0.2, 0.25) is 0 Å². The van der Waals surface area contributed by atoms with Crippen molar-refractivity contribution in [3.05, 3.63) is 73.1 Å². The number of aromatic carboxylic acids is 1. The average molecular weight is 463 g/mol. The van der Waals surface area contributed by atoms with Crippen molar-refractivity contribution in [1.29, 1.82) is 0 Å². The molecule has 0 radical (unpaired) electrons. The van der Waals surface area contributed by atoms with Crippen LogP contribution < -0.4 is 45.9 Å². The monoisotopic (exact) mass is 463 g/mol.